The number of piperazine rings is 1. The molecule has 4 bridgehead atoms. The van der Waals surface area contributed by atoms with E-state index in [1.165, 1.54) is 24.3 Å². The number of benzene rings is 3. The topological polar surface area (TPSA) is 103 Å². The molecule has 0 saturated carbocycles. The summed E-state index contributed by atoms with van der Waals surface area (Å²) in [5.41, 5.74) is 0.339. The molecule has 4 fully saturated rings. The number of aryl methyl sites for hydroxylation is 1. The van der Waals surface area contributed by atoms with Gasteiger partial charge in [-0.05, 0) is 61.3 Å². The van der Waals surface area contributed by atoms with Gasteiger partial charge in [0.05, 0.1) is 17.5 Å². The molecule has 0 aliphatic carbocycles. The molecule has 1 N–H and O–H groups in total. The number of carbonyl (C=O) groups is 1. The smallest absolute Gasteiger partial charge is 0.320 e. The molecular formula is C40H41F3N8O3. The van der Waals surface area contributed by atoms with Gasteiger partial charge in [0.15, 0.2) is 12.0 Å². The summed E-state index contributed by atoms with van der Waals surface area (Å²) in [5.74, 6) is 1.30. The van der Waals surface area contributed by atoms with Gasteiger partial charge in [-0.25, -0.2) is 13.2 Å². The number of halogens is 3. The molecule has 4 aliphatic rings. The Morgan fingerprint density at radius 2 is 1.85 bits per heavy atom. The van der Waals surface area contributed by atoms with Crippen molar-refractivity contribution in [1.82, 2.24) is 34.4 Å². The maximum absolute atomic E-state index is 17.8. The number of amides is 1. The molecule has 6 atom stereocenters. The van der Waals surface area contributed by atoms with Gasteiger partial charge < -0.3 is 19.6 Å². The fourth-order valence-electron chi connectivity index (χ4n) is 9.41. The van der Waals surface area contributed by atoms with Crippen LogP contribution in [-0.2, 0) is 11.8 Å². The van der Waals surface area contributed by atoms with Crippen LogP contribution in [0.1, 0.15) is 37.7 Å². The largest absolute Gasteiger partial charge is 0.508 e. The third kappa shape index (κ3) is 5.59. The van der Waals surface area contributed by atoms with Crippen molar-refractivity contribution in [2.24, 2.45) is 13.0 Å². The highest BCUT2D eigenvalue weighted by molar-refractivity contribution is 6.18. The van der Waals surface area contributed by atoms with Crippen LogP contribution in [0.15, 0.2) is 30.5 Å². The quantitative estimate of drug-likeness (QED) is 0.236. The van der Waals surface area contributed by atoms with Crippen LogP contribution < -0.4 is 9.64 Å². The molecule has 0 spiro atoms. The summed E-state index contributed by atoms with van der Waals surface area (Å²) in [7, 11) is 5.24. The third-order valence-corrected chi connectivity index (χ3v) is 11.8. The van der Waals surface area contributed by atoms with Gasteiger partial charge in [-0.3, -0.25) is 19.3 Å². The minimum Gasteiger partial charge on any atom is -0.508 e. The number of carbonyl (C=O) groups excluding carboxylic acids is 1. The number of phenolic OH excluding ortho intramolecular Hbond substituents is 1. The van der Waals surface area contributed by atoms with Gasteiger partial charge in [0, 0.05) is 87.9 Å². The molecule has 0 radical (unpaired) electrons. The number of alkyl halides is 1. The summed E-state index contributed by atoms with van der Waals surface area (Å²) in [4.78, 5) is 30.6. The number of ether oxygens (including phenoxy) is 1. The van der Waals surface area contributed by atoms with Crippen molar-refractivity contribution in [2.75, 3.05) is 51.7 Å². The molecule has 5 aromatic rings. The van der Waals surface area contributed by atoms with E-state index in [0.29, 0.717) is 54.6 Å². The van der Waals surface area contributed by atoms with Crippen molar-refractivity contribution >= 4 is 44.3 Å². The van der Waals surface area contributed by atoms with Crippen molar-refractivity contribution in [3.8, 4) is 35.2 Å². The predicted octanol–water partition coefficient (Wildman–Crippen LogP) is 5.20. The standard InChI is InChI=1S/C40H41F3N8O3/c1-5-27-30(42)11-8-21-14-26(52)15-28(32(21)27)33-35(43)37-34(29-19-48(4)46-36(29)33)38(50-17-24-9-10-25(18-50)51(24)20-31(53)47(2)3)45-40(44-37)54-39-22-7-6-12-49(39)16-23(41)13-22/h1,8,11,14-15,19,22-25,39,52H,6-7,9-10,12-13,16-18,20H2,2-4H3/t22-,23-,24?,25?,39?/m1/s1. The lowest BCUT2D eigenvalue weighted by Crippen LogP contribution is -2.56. The van der Waals surface area contributed by atoms with Gasteiger partial charge in [0.1, 0.15) is 34.6 Å². The van der Waals surface area contributed by atoms with E-state index >= 15 is 8.78 Å². The lowest BCUT2D eigenvalue weighted by Gasteiger charge is -2.45. The van der Waals surface area contributed by atoms with Gasteiger partial charge in [-0.1, -0.05) is 12.0 Å². The average Bonchev–Trinajstić information content (AvgIpc) is 3.61. The molecule has 280 valence electrons. The van der Waals surface area contributed by atoms with E-state index in [9.17, 15) is 14.3 Å². The van der Waals surface area contributed by atoms with Gasteiger partial charge in [-0.15, -0.1) is 6.42 Å². The Kier molecular flexibility index (Phi) is 8.35. The molecule has 4 unspecified atom stereocenters. The number of anilines is 1. The summed E-state index contributed by atoms with van der Waals surface area (Å²) < 4.78 is 55.9. The summed E-state index contributed by atoms with van der Waals surface area (Å²) in [6, 6.07) is 5.65. The Labute approximate surface area is 310 Å². The number of hydrogen-bond acceptors (Lipinski definition) is 9. The summed E-state index contributed by atoms with van der Waals surface area (Å²) in [6.07, 6.45) is 10.1. The molecule has 4 saturated heterocycles. The molecule has 14 heteroatoms. The lowest BCUT2D eigenvalue weighted by atomic mass is 9.86. The maximum Gasteiger partial charge on any atom is 0.320 e. The number of rotatable bonds is 6. The predicted molar refractivity (Wildman–Crippen MR) is 199 cm³/mol. The van der Waals surface area contributed by atoms with E-state index in [1.54, 1.807) is 36.9 Å². The van der Waals surface area contributed by atoms with Crippen molar-refractivity contribution in [1.29, 1.82) is 0 Å². The molecule has 9 rings (SSSR count). The van der Waals surface area contributed by atoms with Gasteiger partial charge in [-0.2, -0.15) is 15.1 Å². The molecule has 1 amide bonds. The minimum absolute atomic E-state index is 0.00217. The van der Waals surface area contributed by atoms with E-state index in [4.69, 9.17) is 26.2 Å². The highest BCUT2D eigenvalue weighted by Crippen LogP contribution is 2.46. The molecule has 4 aliphatic heterocycles. The first-order valence-corrected chi connectivity index (χ1v) is 18.5. The fraction of sp³-hybridized carbons (Fsp3) is 0.450. The number of phenols is 1. The Morgan fingerprint density at radius 1 is 1.07 bits per heavy atom. The van der Waals surface area contributed by atoms with E-state index in [1.807, 2.05) is 4.90 Å². The van der Waals surface area contributed by atoms with E-state index < -0.39 is 24.0 Å². The minimum atomic E-state index is -0.955. The van der Waals surface area contributed by atoms with Crippen LogP contribution >= 0.6 is 0 Å². The highest BCUT2D eigenvalue weighted by Gasteiger charge is 2.44. The maximum atomic E-state index is 17.8. The Hall–Kier alpha value is -5.13. The first-order valence-electron chi connectivity index (χ1n) is 18.5. The third-order valence-electron chi connectivity index (χ3n) is 11.8. The second-order valence-electron chi connectivity index (χ2n) is 15.5. The van der Waals surface area contributed by atoms with Crippen LogP contribution in [0.2, 0.25) is 0 Å². The number of piperidine rings is 2. The summed E-state index contributed by atoms with van der Waals surface area (Å²) in [6.45, 7) is 2.31. The Bertz CT molecular complexity index is 2370. The van der Waals surface area contributed by atoms with Gasteiger partial charge >= 0.3 is 6.01 Å². The zero-order chi connectivity index (χ0) is 37.6. The summed E-state index contributed by atoms with van der Waals surface area (Å²) in [5, 5.41) is 17.3. The molecule has 2 aromatic heterocycles. The number of fused-ring (bicyclic) bond motifs is 8. The van der Waals surface area contributed by atoms with Crippen molar-refractivity contribution in [3.63, 3.8) is 0 Å². The monoisotopic (exact) mass is 738 g/mol. The van der Waals surface area contributed by atoms with Crippen LogP contribution in [0.3, 0.4) is 0 Å². The highest BCUT2D eigenvalue weighted by atomic mass is 19.1. The average molecular weight is 739 g/mol. The van der Waals surface area contributed by atoms with Crippen LogP contribution in [0.4, 0.5) is 19.0 Å². The number of terminal acetylenes is 1. The number of likely N-dealkylation sites (N-methyl/N-ethyl adjacent to an activating group) is 1. The van der Waals surface area contributed by atoms with E-state index in [-0.39, 0.29) is 75.3 Å². The second-order valence-corrected chi connectivity index (χ2v) is 15.5. The Balaban J connectivity index is 1.26. The normalized spacial score (nSPS) is 25.4. The first kappa shape index (κ1) is 34.6. The first-order chi connectivity index (χ1) is 26.0. The molecule has 54 heavy (non-hydrogen) atoms. The SMILES string of the molecule is C#Cc1c(F)ccc2cc(O)cc(-c3c(F)c4nc(OC5[C@@H]6CCCN5C[C@H](F)C6)nc(N5CC6CCC(C5)N6CC(=O)N(C)C)c4c4cn(C)nc34)c12. The van der Waals surface area contributed by atoms with Crippen LogP contribution in [0.5, 0.6) is 11.8 Å². The van der Waals surface area contributed by atoms with Crippen LogP contribution in [0.25, 0.3) is 43.7 Å². The zero-order valence-electron chi connectivity index (χ0n) is 30.4. The zero-order valence-corrected chi connectivity index (χ0v) is 30.4. The van der Waals surface area contributed by atoms with Crippen molar-refractivity contribution in [3.05, 3.63) is 47.7 Å². The van der Waals surface area contributed by atoms with Crippen LogP contribution in [0, 0.1) is 29.9 Å². The van der Waals surface area contributed by atoms with Gasteiger partial charge in [0.2, 0.25) is 5.91 Å². The van der Waals surface area contributed by atoms with Crippen LogP contribution in [-0.4, -0.2) is 117 Å². The van der Waals surface area contributed by atoms with E-state index in [0.717, 1.165) is 25.7 Å². The molecule has 6 heterocycles. The molecule has 3 aromatic carbocycles. The summed E-state index contributed by atoms with van der Waals surface area (Å²) >= 11 is 0. The van der Waals surface area contributed by atoms with Crippen molar-refractivity contribution in [2.45, 2.75) is 56.6 Å². The number of aromatic hydroxyl groups is 1. The number of hydrogen-bond donors (Lipinski definition) is 1. The van der Waals surface area contributed by atoms with Gasteiger partial charge in [0.25, 0.3) is 0 Å². The number of aromatic nitrogens is 4. The number of nitrogens with zero attached hydrogens (tertiary/aromatic N) is 8. The fourth-order valence-corrected chi connectivity index (χ4v) is 9.41. The molecule has 11 nitrogen and oxygen atoms in total. The lowest BCUT2D eigenvalue weighted by molar-refractivity contribution is -0.130. The second kappa shape index (κ2) is 13.0. The Morgan fingerprint density at radius 3 is 2.57 bits per heavy atom. The van der Waals surface area contributed by atoms with Crippen molar-refractivity contribution < 1.29 is 27.8 Å². The molecular weight excluding hydrogens is 697 g/mol. The van der Waals surface area contributed by atoms with E-state index in [2.05, 4.69) is 15.7 Å².